The number of benzene rings is 1. The summed E-state index contributed by atoms with van der Waals surface area (Å²) in [6.45, 7) is 0. The molecule has 0 radical (unpaired) electrons. The van der Waals surface area contributed by atoms with Crippen molar-refractivity contribution in [3.8, 4) is 17.0 Å². The maximum absolute atomic E-state index is 12.8. The SMILES string of the molecule is Nc1ccc(C(F)(F)F)c(-c2ccccc2O)n1. The normalized spacial score (nSPS) is 11.5. The number of rotatable bonds is 1. The fraction of sp³-hybridized carbons (Fsp3) is 0.0833. The molecule has 0 aliphatic rings. The Morgan fingerprint density at radius 2 is 1.72 bits per heavy atom. The maximum Gasteiger partial charge on any atom is 0.418 e. The van der Waals surface area contributed by atoms with Gasteiger partial charge in [0.2, 0.25) is 0 Å². The van der Waals surface area contributed by atoms with E-state index in [0.717, 1.165) is 12.1 Å². The summed E-state index contributed by atoms with van der Waals surface area (Å²) in [4.78, 5) is 3.67. The summed E-state index contributed by atoms with van der Waals surface area (Å²) in [6, 6.07) is 7.60. The quantitative estimate of drug-likeness (QED) is 0.822. The molecule has 0 saturated heterocycles. The number of aromatic hydroxyl groups is 1. The van der Waals surface area contributed by atoms with Crippen LogP contribution in [0.2, 0.25) is 0 Å². The molecule has 6 heteroatoms. The number of nitrogens with two attached hydrogens (primary N) is 1. The number of para-hydroxylation sites is 1. The molecule has 3 N–H and O–H groups in total. The molecule has 0 aliphatic heterocycles. The van der Waals surface area contributed by atoms with E-state index in [1.807, 2.05) is 0 Å². The molecule has 2 aromatic rings. The molecule has 0 unspecified atom stereocenters. The minimum absolute atomic E-state index is 0.00266. The number of nitrogen functional groups attached to an aromatic ring is 1. The first kappa shape index (κ1) is 12.2. The zero-order chi connectivity index (χ0) is 13.3. The third-order valence-electron chi connectivity index (χ3n) is 2.38. The van der Waals surface area contributed by atoms with E-state index in [0.29, 0.717) is 0 Å². The Balaban J connectivity index is 2.70. The van der Waals surface area contributed by atoms with Crippen molar-refractivity contribution in [1.29, 1.82) is 0 Å². The fourth-order valence-electron chi connectivity index (χ4n) is 1.58. The summed E-state index contributed by atoms with van der Waals surface area (Å²) in [5.74, 6) is -0.317. The zero-order valence-corrected chi connectivity index (χ0v) is 9.07. The summed E-state index contributed by atoms with van der Waals surface area (Å²) < 4.78 is 38.5. The Bertz CT molecular complexity index is 582. The summed E-state index contributed by atoms with van der Waals surface area (Å²) >= 11 is 0. The highest BCUT2D eigenvalue weighted by atomic mass is 19.4. The van der Waals surface area contributed by atoms with Gasteiger partial charge in [0.25, 0.3) is 0 Å². The predicted molar refractivity (Wildman–Crippen MR) is 60.8 cm³/mol. The average molecular weight is 254 g/mol. The van der Waals surface area contributed by atoms with E-state index in [1.165, 1.54) is 24.3 Å². The molecular formula is C12H9F3N2O. The van der Waals surface area contributed by atoms with Gasteiger partial charge in [0.05, 0.1) is 11.3 Å². The fourth-order valence-corrected chi connectivity index (χ4v) is 1.58. The first-order chi connectivity index (χ1) is 8.39. The van der Waals surface area contributed by atoms with Crippen molar-refractivity contribution < 1.29 is 18.3 Å². The molecule has 0 atom stereocenters. The van der Waals surface area contributed by atoms with Crippen molar-refractivity contribution >= 4 is 5.82 Å². The average Bonchev–Trinajstić information content (AvgIpc) is 2.27. The Hall–Kier alpha value is -2.24. The van der Waals surface area contributed by atoms with E-state index in [-0.39, 0.29) is 22.8 Å². The minimum atomic E-state index is -4.56. The van der Waals surface area contributed by atoms with E-state index < -0.39 is 11.7 Å². The molecule has 0 bridgehead atoms. The van der Waals surface area contributed by atoms with Crippen LogP contribution in [-0.2, 0) is 6.18 Å². The number of anilines is 1. The zero-order valence-electron chi connectivity index (χ0n) is 9.07. The lowest BCUT2D eigenvalue weighted by molar-refractivity contribution is -0.137. The van der Waals surface area contributed by atoms with Crippen LogP contribution < -0.4 is 5.73 Å². The van der Waals surface area contributed by atoms with Crippen molar-refractivity contribution in [2.24, 2.45) is 0 Å². The Kier molecular flexibility index (Phi) is 2.86. The first-order valence-electron chi connectivity index (χ1n) is 5.01. The van der Waals surface area contributed by atoms with Crippen LogP contribution >= 0.6 is 0 Å². The number of phenols is 1. The highest BCUT2D eigenvalue weighted by molar-refractivity contribution is 5.71. The molecule has 18 heavy (non-hydrogen) atoms. The van der Waals surface area contributed by atoms with Crippen molar-refractivity contribution in [3.05, 3.63) is 42.0 Å². The number of pyridine rings is 1. The monoisotopic (exact) mass is 254 g/mol. The summed E-state index contributed by atoms with van der Waals surface area (Å²) in [6.07, 6.45) is -4.56. The molecule has 0 fully saturated rings. The number of nitrogens with zero attached hydrogens (tertiary/aromatic N) is 1. The Labute approximate surface area is 101 Å². The van der Waals surface area contributed by atoms with Gasteiger partial charge in [-0.25, -0.2) is 4.98 Å². The number of halogens is 3. The highest BCUT2D eigenvalue weighted by Gasteiger charge is 2.35. The van der Waals surface area contributed by atoms with Crippen LogP contribution in [0.15, 0.2) is 36.4 Å². The third-order valence-corrected chi connectivity index (χ3v) is 2.38. The van der Waals surface area contributed by atoms with Gasteiger partial charge in [0.15, 0.2) is 0 Å². The molecule has 0 saturated carbocycles. The topological polar surface area (TPSA) is 59.1 Å². The van der Waals surface area contributed by atoms with E-state index in [1.54, 1.807) is 0 Å². The van der Waals surface area contributed by atoms with Gasteiger partial charge >= 0.3 is 6.18 Å². The van der Waals surface area contributed by atoms with Gasteiger partial charge in [-0.05, 0) is 24.3 Å². The first-order valence-corrected chi connectivity index (χ1v) is 5.01. The van der Waals surface area contributed by atoms with Crippen LogP contribution in [-0.4, -0.2) is 10.1 Å². The molecular weight excluding hydrogens is 245 g/mol. The largest absolute Gasteiger partial charge is 0.507 e. The minimum Gasteiger partial charge on any atom is -0.507 e. The second kappa shape index (κ2) is 4.21. The number of phenolic OH excluding ortho intramolecular Hbond substituents is 1. The van der Waals surface area contributed by atoms with E-state index in [9.17, 15) is 18.3 Å². The highest BCUT2D eigenvalue weighted by Crippen LogP contribution is 2.39. The Morgan fingerprint density at radius 1 is 1.06 bits per heavy atom. The standard InChI is InChI=1S/C12H9F3N2O/c13-12(14,15)8-5-6-10(16)17-11(8)7-3-1-2-4-9(7)18/h1-6,18H,(H2,16,17). The second-order valence-corrected chi connectivity index (χ2v) is 3.65. The molecule has 1 aromatic carbocycles. The van der Waals surface area contributed by atoms with E-state index >= 15 is 0 Å². The van der Waals surface area contributed by atoms with Gasteiger partial charge < -0.3 is 10.8 Å². The molecule has 0 amide bonds. The maximum atomic E-state index is 12.8. The van der Waals surface area contributed by atoms with Crippen LogP contribution in [0.3, 0.4) is 0 Å². The van der Waals surface area contributed by atoms with Crippen LogP contribution in [0, 0.1) is 0 Å². The van der Waals surface area contributed by atoms with Crippen LogP contribution in [0.4, 0.5) is 19.0 Å². The van der Waals surface area contributed by atoms with E-state index in [2.05, 4.69) is 4.98 Å². The summed E-state index contributed by atoms with van der Waals surface area (Å²) in [5, 5.41) is 9.60. The summed E-state index contributed by atoms with van der Waals surface area (Å²) in [5.41, 5.74) is 4.09. The van der Waals surface area contributed by atoms with Gasteiger partial charge in [-0.3, -0.25) is 0 Å². The van der Waals surface area contributed by atoms with E-state index in [4.69, 9.17) is 5.73 Å². The molecule has 2 rings (SSSR count). The van der Waals surface area contributed by atoms with Crippen molar-refractivity contribution in [3.63, 3.8) is 0 Å². The van der Waals surface area contributed by atoms with Crippen molar-refractivity contribution in [2.45, 2.75) is 6.18 Å². The molecule has 94 valence electrons. The van der Waals surface area contributed by atoms with Crippen molar-refractivity contribution in [1.82, 2.24) is 4.98 Å². The Morgan fingerprint density at radius 3 is 2.33 bits per heavy atom. The number of aromatic nitrogens is 1. The lowest BCUT2D eigenvalue weighted by Crippen LogP contribution is -2.09. The van der Waals surface area contributed by atoms with Gasteiger partial charge in [0, 0.05) is 5.56 Å². The predicted octanol–water partition coefficient (Wildman–Crippen LogP) is 3.06. The van der Waals surface area contributed by atoms with Gasteiger partial charge in [-0.15, -0.1) is 0 Å². The van der Waals surface area contributed by atoms with Gasteiger partial charge in [-0.1, -0.05) is 12.1 Å². The second-order valence-electron chi connectivity index (χ2n) is 3.65. The number of hydrogen-bond acceptors (Lipinski definition) is 3. The van der Waals surface area contributed by atoms with Crippen LogP contribution in [0.5, 0.6) is 5.75 Å². The van der Waals surface area contributed by atoms with Crippen LogP contribution in [0.1, 0.15) is 5.56 Å². The summed E-state index contributed by atoms with van der Waals surface area (Å²) in [7, 11) is 0. The van der Waals surface area contributed by atoms with Gasteiger partial charge in [-0.2, -0.15) is 13.2 Å². The lowest BCUT2D eigenvalue weighted by atomic mass is 10.0. The molecule has 0 spiro atoms. The lowest BCUT2D eigenvalue weighted by Gasteiger charge is -2.13. The number of alkyl halides is 3. The molecule has 0 aliphatic carbocycles. The van der Waals surface area contributed by atoms with Gasteiger partial charge in [0.1, 0.15) is 11.6 Å². The van der Waals surface area contributed by atoms with Crippen LogP contribution in [0.25, 0.3) is 11.3 Å². The molecule has 3 nitrogen and oxygen atoms in total. The third kappa shape index (κ3) is 2.22. The molecule has 1 heterocycles. The van der Waals surface area contributed by atoms with Crippen molar-refractivity contribution in [2.75, 3.05) is 5.73 Å². The molecule has 1 aromatic heterocycles. The number of hydrogen-bond donors (Lipinski definition) is 2. The smallest absolute Gasteiger partial charge is 0.418 e.